The van der Waals surface area contributed by atoms with E-state index in [1.807, 2.05) is 43.5 Å². The highest BCUT2D eigenvalue weighted by Gasteiger charge is 2.17. The smallest absolute Gasteiger partial charge is 0.233 e. The normalized spacial score (nSPS) is 14.1. The van der Waals surface area contributed by atoms with Gasteiger partial charge in [-0.25, -0.2) is 0 Å². The van der Waals surface area contributed by atoms with E-state index >= 15 is 0 Å². The van der Waals surface area contributed by atoms with Crippen molar-refractivity contribution >= 4 is 17.7 Å². The van der Waals surface area contributed by atoms with E-state index in [0.29, 0.717) is 6.42 Å². The van der Waals surface area contributed by atoms with Crippen LogP contribution < -0.4 is 5.32 Å². The number of carbonyl (C=O) groups excluding carboxylic acids is 1. The molecule has 0 aliphatic rings. The summed E-state index contributed by atoms with van der Waals surface area (Å²) in [7, 11) is 0. The monoisotopic (exact) mass is 253 g/mol. The van der Waals surface area contributed by atoms with Gasteiger partial charge in [0.15, 0.2) is 0 Å². The molecule has 0 radical (unpaired) electrons. The first-order valence-corrected chi connectivity index (χ1v) is 6.96. The van der Waals surface area contributed by atoms with Crippen molar-refractivity contribution in [2.45, 2.75) is 24.6 Å². The van der Waals surface area contributed by atoms with Crippen molar-refractivity contribution in [3.8, 4) is 0 Å². The molecule has 2 N–H and O–H groups in total. The Bertz CT molecular complexity index is 343. The van der Waals surface area contributed by atoms with Gasteiger partial charge in [-0.1, -0.05) is 30.3 Å². The van der Waals surface area contributed by atoms with E-state index in [9.17, 15) is 4.79 Å². The van der Waals surface area contributed by atoms with Gasteiger partial charge >= 0.3 is 0 Å². The van der Waals surface area contributed by atoms with Crippen LogP contribution in [0.4, 0.5) is 0 Å². The lowest BCUT2D eigenvalue weighted by molar-refractivity contribution is -0.121. The molecule has 2 atom stereocenters. The first-order valence-electron chi connectivity index (χ1n) is 5.68. The third-order valence-electron chi connectivity index (χ3n) is 2.66. The van der Waals surface area contributed by atoms with Gasteiger partial charge in [0.1, 0.15) is 0 Å². The SMILES string of the molecule is CSC(C)C(=O)NC(CCO)c1ccccc1. The molecule has 1 amide bonds. The van der Waals surface area contributed by atoms with Crippen LogP contribution in [0, 0.1) is 0 Å². The summed E-state index contributed by atoms with van der Waals surface area (Å²) in [5.74, 6) is 0.0137. The molecule has 1 aromatic carbocycles. The number of aliphatic hydroxyl groups is 1. The van der Waals surface area contributed by atoms with Crippen LogP contribution in [-0.2, 0) is 4.79 Å². The minimum Gasteiger partial charge on any atom is -0.396 e. The fourth-order valence-electron chi connectivity index (χ4n) is 1.53. The summed E-state index contributed by atoms with van der Waals surface area (Å²) in [4.78, 5) is 11.8. The Kier molecular flexibility index (Phi) is 6.08. The lowest BCUT2D eigenvalue weighted by Crippen LogP contribution is -2.34. The van der Waals surface area contributed by atoms with Gasteiger partial charge in [-0.2, -0.15) is 11.8 Å². The lowest BCUT2D eigenvalue weighted by Gasteiger charge is -2.20. The third kappa shape index (κ3) is 4.40. The van der Waals surface area contributed by atoms with E-state index in [-0.39, 0.29) is 23.8 Å². The molecule has 4 heteroatoms. The zero-order valence-electron chi connectivity index (χ0n) is 10.2. The highest BCUT2D eigenvalue weighted by molar-refractivity contribution is 7.99. The minimum absolute atomic E-state index is 0.0137. The summed E-state index contributed by atoms with van der Waals surface area (Å²) < 4.78 is 0. The number of amides is 1. The molecule has 17 heavy (non-hydrogen) atoms. The van der Waals surface area contributed by atoms with Gasteiger partial charge in [0, 0.05) is 6.61 Å². The molecule has 0 bridgehead atoms. The number of hydrogen-bond acceptors (Lipinski definition) is 3. The molecule has 0 fully saturated rings. The quantitative estimate of drug-likeness (QED) is 0.815. The number of carbonyl (C=O) groups is 1. The highest BCUT2D eigenvalue weighted by atomic mass is 32.2. The van der Waals surface area contributed by atoms with Gasteiger partial charge in [-0.3, -0.25) is 4.79 Å². The molecule has 1 aromatic rings. The van der Waals surface area contributed by atoms with Crippen LogP contribution in [-0.4, -0.2) is 29.1 Å². The molecule has 0 spiro atoms. The molecular weight excluding hydrogens is 234 g/mol. The Labute approximate surface area is 107 Å². The second-order valence-corrected chi connectivity index (χ2v) is 5.04. The maximum absolute atomic E-state index is 11.8. The predicted octanol–water partition coefficient (Wildman–Crippen LogP) is 1.98. The van der Waals surface area contributed by atoms with Gasteiger partial charge in [0.25, 0.3) is 0 Å². The molecule has 0 saturated carbocycles. The molecule has 94 valence electrons. The Hall–Kier alpha value is -1.00. The largest absolute Gasteiger partial charge is 0.396 e. The van der Waals surface area contributed by atoms with Crippen molar-refractivity contribution in [2.24, 2.45) is 0 Å². The molecule has 3 nitrogen and oxygen atoms in total. The summed E-state index contributed by atoms with van der Waals surface area (Å²) in [6, 6.07) is 9.62. The topological polar surface area (TPSA) is 49.3 Å². The van der Waals surface area contributed by atoms with E-state index in [1.54, 1.807) is 0 Å². The van der Waals surface area contributed by atoms with Crippen molar-refractivity contribution in [1.82, 2.24) is 5.32 Å². The molecule has 1 rings (SSSR count). The Morgan fingerprint density at radius 1 is 1.41 bits per heavy atom. The minimum atomic E-state index is -0.108. The molecule has 0 aromatic heterocycles. The summed E-state index contributed by atoms with van der Waals surface area (Å²) in [5.41, 5.74) is 1.03. The van der Waals surface area contributed by atoms with Crippen molar-refractivity contribution in [1.29, 1.82) is 0 Å². The Morgan fingerprint density at radius 3 is 2.59 bits per heavy atom. The number of aliphatic hydroxyl groups excluding tert-OH is 1. The van der Waals surface area contributed by atoms with Crippen LogP contribution >= 0.6 is 11.8 Å². The van der Waals surface area contributed by atoms with Crippen LogP contribution in [0.25, 0.3) is 0 Å². The molecule has 0 aliphatic carbocycles. The zero-order valence-corrected chi connectivity index (χ0v) is 11.0. The van der Waals surface area contributed by atoms with Crippen LogP contribution in [0.3, 0.4) is 0 Å². The average molecular weight is 253 g/mol. The second-order valence-electron chi connectivity index (χ2n) is 3.86. The lowest BCUT2D eigenvalue weighted by atomic mass is 10.0. The maximum atomic E-state index is 11.8. The molecular formula is C13H19NO2S. The number of rotatable bonds is 6. The van der Waals surface area contributed by atoms with E-state index in [0.717, 1.165) is 5.56 Å². The Balaban J connectivity index is 2.70. The van der Waals surface area contributed by atoms with Crippen LogP contribution in [0.5, 0.6) is 0 Å². The van der Waals surface area contributed by atoms with Gasteiger partial charge in [-0.15, -0.1) is 0 Å². The number of nitrogens with one attached hydrogen (secondary N) is 1. The number of hydrogen-bond donors (Lipinski definition) is 2. The average Bonchev–Trinajstić information content (AvgIpc) is 2.38. The van der Waals surface area contributed by atoms with Crippen LogP contribution in [0.2, 0.25) is 0 Å². The van der Waals surface area contributed by atoms with E-state index in [1.165, 1.54) is 11.8 Å². The van der Waals surface area contributed by atoms with Crippen molar-refractivity contribution < 1.29 is 9.90 Å². The van der Waals surface area contributed by atoms with Crippen LogP contribution in [0.15, 0.2) is 30.3 Å². The summed E-state index contributed by atoms with van der Waals surface area (Å²) in [6.45, 7) is 1.94. The van der Waals surface area contributed by atoms with E-state index < -0.39 is 0 Å². The second kappa shape index (κ2) is 7.35. The van der Waals surface area contributed by atoms with Crippen molar-refractivity contribution in [2.75, 3.05) is 12.9 Å². The summed E-state index contributed by atoms with van der Waals surface area (Å²) in [5, 5.41) is 11.9. The van der Waals surface area contributed by atoms with E-state index in [2.05, 4.69) is 5.32 Å². The maximum Gasteiger partial charge on any atom is 0.233 e. The van der Waals surface area contributed by atoms with Crippen LogP contribution in [0.1, 0.15) is 24.9 Å². The fourth-order valence-corrected chi connectivity index (χ4v) is 1.81. The van der Waals surface area contributed by atoms with Gasteiger partial charge in [-0.05, 0) is 25.2 Å². The van der Waals surface area contributed by atoms with E-state index in [4.69, 9.17) is 5.11 Å². The fraction of sp³-hybridized carbons (Fsp3) is 0.462. The van der Waals surface area contributed by atoms with Crippen molar-refractivity contribution in [3.05, 3.63) is 35.9 Å². The molecule has 0 aliphatic heterocycles. The predicted molar refractivity (Wildman–Crippen MR) is 72.0 cm³/mol. The molecule has 2 unspecified atom stereocenters. The van der Waals surface area contributed by atoms with Gasteiger partial charge < -0.3 is 10.4 Å². The first kappa shape index (κ1) is 14.1. The third-order valence-corrected chi connectivity index (χ3v) is 3.58. The van der Waals surface area contributed by atoms with Crippen molar-refractivity contribution in [3.63, 3.8) is 0 Å². The Morgan fingerprint density at radius 2 is 2.06 bits per heavy atom. The molecule has 0 heterocycles. The number of benzene rings is 1. The summed E-state index contributed by atoms with van der Waals surface area (Å²) >= 11 is 1.51. The number of thioether (sulfide) groups is 1. The summed E-state index contributed by atoms with van der Waals surface area (Å²) in [6.07, 6.45) is 2.45. The zero-order chi connectivity index (χ0) is 12.7. The molecule has 0 saturated heterocycles. The van der Waals surface area contributed by atoms with Gasteiger partial charge in [0.2, 0.25) is 5.91 Å². The highest BCUT2D eigenvalue weighted by Crippen LogP contribution is 2.17. The van der Waals surface area contributed by atoms with Gasteiger partial charge in [0.05, 0.1) is 11.3 Å². The first-order chi connectivity index (χ1) is 8.19. The standard InChI is InChI=1S/C13H19NO2S/c1-10(17-2)13(16)14-12(8-9-15)11-6-4-3-5-7-11/h3-7,10,12,15H,8-9H2,1-2H3,(H,14,16).